The van der Waals surface area contributed by atoms with Crippen LogP contribution in [0.5, 0.6) is 0 Å². The number of nitrogens with one attached hydrogen (secondary N) is 1. The minimum atomic E-state index is -0.931. The average Bonchev–Trinajstić information content (AvgIpc) is 2.69. The number of carboxylic acid groups (broad SMARTS) is 1. The van der Waals surface area contributed by atoms with Crippen LogP contribution >= 0.6 is 11.8 Å². The largest absolute Gasteiger partial charge is 1.00 e. The number of allylic oxidation sites excluding steroid dienone is 2. The Morgan fingerprint density at radius 2 is 1.50 bits per heavy atom. The van der Waals surface area contributed by atoms with Gasteiger partial charge in [0.05, 0.1) is 0 Å². The molecule has 1 aromatic heterocycles. The molecule has 164 valence electrons. The molecule has 0 atom stereocenters. The van der Waals surface area contributed by atoms with Crippen LogP contribution in [0.3, 0.4) is 0 Å². The first-order chi connectivity index (χ1) is 14.1. The van der Waals surface area contributed by atoms with Gasteiger partial charge in [-0.25, -0.2) is 4.98 Å². The van der Waals surface area contributed by atoms with E-state index in [9.17, 15) is 14.7 Å². The van der Waals surface area contributed by atoms with Crippen molar-refractivity contribution in [2.75, 3.05) is 6.26 Å². The van der Waals surface area contributed by atoms with Crippen LogP contribution < -0.4 is 40.2 Å². The van der Waals surface area contributed by atoms with Crippen molar-refractivity contribution in [3.8, 4) is 0 Å². The SMILES string of the molecule is CSc1nc(CCCCCCCC/C=C\CCCCCCCC(=O)[O-])cc(=O)[nH]1.[Na+]. The van der Waals surface area contributed by atoms with E-state index >= 15 is 0 Å². The summed E-state index contributed by atoms with van der Waals surface area (Å²) in [6.07, 6.45) is 22.5. The minimum Gasteiger partial charge on any atom is -0.550 e. The van der Waals surface area contributed by atoms with Gasteiger partial charge in [0.1, 0.15) is 0 Å². The number of unbranched alkanes of at least 4 members (excludes halogenated alkanes) is 11. The van der Waals surface area contributed by atoms with Crippen molar-refractivity contribution >= 4 is 17.7 Å². The van der Waals surface area contributed by atoms with E-state index in [0.717, 1.165) is 44.2 Å². The number of carbonyl (C=O) groups excluding carboxylic acids is 1. The van der Waals surface area contributed by atoms with Gasteiger partial charge >= 0.3 is 29.6 Å². The number of hydrogen-bond donors (Lipinski definition) is 1. The molecular formula is C23H37N2NaO3S. The van der Waals surface area contributed by atoms with Crippen molar-refractivity contribution in [3.05, 3.63) is 34.3 Å². The second kappa shape index (κ2) is 20.3. The fraction of sp³-hybridized carbons (Fsp3) is 0.696. The first-order valence-corrected chi connectivity index (χ1v) is 12.3. The molecule has 0 fully saturated rings. The van der Waals surface area contributed by atoms with Gasteiger partial charge < -0.3 is 14.9 Å². The van der Waals surface area contributed by atoms with Crippen LogP contribution in [0.15, 0.2) is 28.2 Å². The molecule has 0 unspecified atom stereocenters. The third-order valence-electron chi connectivity index (χ3n) is 4.94. The molecule has 5 nitrogen and oxygen atoms in total. The summed E-state index contributed by atoms with van der Waals surface area (Å²) in [4.78, 5) is 29.0. The molecule has 1 N–H and O–H groups in total. The smallest absolute Gasteiger partial charge is 0.550 e. The minimum absolute atomic E-state index is 0. The van der Waals surface area contributed by atoms with E-state index < -0.39 is 5.97 Å². The maximum atomic E-state index is 11.5. The summed E-state index contributed by atoms with van der Waals surface area (Å²) in [5, 5.41) is 11.0. The average molecular weight is 445 g/mol. The molecule has 1 heterocycles. The zero-order valence-electron chi connectivity index (χ0n) is 18.9. The van der Waals surface area contributed by atoms with Gasteiger partial charge in [-0.15, -0.1) is 0 Å². The third kappa shape index (κ3) is 17.2. The number of nitrogens with zero attached hydrogens (tertiary/aromatic N) is 1. The van der Waals surface area contributed by atoms with Crippen molar-refractivity contribution in [1.82, 2.24) is 9.97 Å². The topological polar surface area (TPSA) is 85.9 Å². The predicted octanol–water partition coefficient (Wildman–Crippen LogP) is 1.81. The van der Waals surface area contributed by atoms with Crippen LogP contribution in [0.25, 0.3) is 0 Å². The molecule has 0 spiro atoms. The second-order valence-corrected chi connectivity index (χ2v) is 8.35. The molecule has 7 heteroatoms. The normalized spacial score (nSPS) is 11.0. The summed E-state index contributed by atoms with van der Waals surface area (Å²) in [7, 11) is 0. The Bertz CT molecular complexity index is 650. The molecule has 1 aromatic rings. The number of aryl methyl sites for hydroxylation is 1. The van der Waals surface area contributed by atoms with Gasteiger partial charge in [0.15, 0.2) is 5.16 Å². The number of carboxylic acids is 1. The van der Waals surface area contributed by atoms with Gasteiger partial charge in [0.2, 0.25) is 0 Å². The Morgan fingerprint density at radius 3 is 2.07 bits per heavy atom. The molecule has 0 aliphatic heterocycles. The molecule has 0 saturated carbocycles. The summed E-state index contributed by atoms with van der Waals surface area (Å²) in [6, 6.07) is 1.61. The molecule has 0 aliphatic carbocycles. The molecule has 0 saturated heterocycles. The van der Waals surface area contributed by atoms with Gasteiger partial charge in [-0.05, 0) is 57.6 Å². The molecule has 0 bridgehead atoms. The summed E-state index contributed by atoms with van der Waals surface area (Å²) in [6.45, 7) is 0. The zero-order valence-corrected chi connectivity index (χ0v) is 21.7. The van der Waals surface area contributed by atoms with E-state index in [1.807, 2.05) is 6.26 Å². The van der Waals surface area contributed by atoms with Crippen molar-refractivity contribution < 1.29 is 39.5 Å². The number of hydrogen-bond acceptors (Lipinski definition) is 5. The maximum Gasteiger partial charge on any atom is 1.00 e. The van der Waals surface area contributed by atoms with E-state index in [1.54, 1.807) is 6.07 Å². The number of rotatable bonds is 18. The number of aliphatic carboxylic acids is 1. The Hall–Kier alpha value is -0.560. The van der Waals surface area contributed by atoms with Gasteiger partial charge in [0, 0.05) is 17.7 Å². The third-order valence-corrected chi connectivity index (χ3v) is 5.52. The Balaban J connectivity index is 0.00000841. The van der Waals surface area contributed by atoms with Crippen molar-refractivity contribution in [1.29, 1.82) is 0 Å². The zero-order chi connectivity index (χ0) is 21.2. The number of H-pyrrole nitrogens is 1. The number of thioether (sulfide) groups is 1. The number of aromatic nitrogens is 2. The van der Waals surface area contributed by atoms with E-state index in [1.165, 1.54) is 63.1 Å². The fourth-order valence-corrected chi connectivity index (χ4v) is 3.69. The molecule has 0 aromatic carbocycles. The number of carbonyl (C=O) groups is 1. The van der Waals surface area contributed by atoms with Crippen LogP contribution in [-0.2, 0) is 11.2 Å². The molecule has 0 amide bonds. The van der Waals surface area contributed by atoms with Crippen LogP contribution in [-0.4, -0.2) is 22.2 Å². The van der Waals surface area contributed by atoms with E-state index in [0.29, 0.717) is 5.16 Å². The first-order valence-electron chi connectivity index (χ1n) is 11.1. The van der Waals surface area contributed by atoms with Crippen molar-refractivity contribution in [3.63, 3.8) is 0 Å². The van der Waals surface area contributed by atoms with E-state index in [2.05, 4.69) is 22.1 Å². The van der Waals surface area contributed by atoms with Crippen LogP contribution in [0, 0.1) is 0 Å². The summed E-state index contributed by atoms with van der Waals surface area (Å²) in [5.74, 6) is -0.931. The van der Waals surface area contributed by atoms with Crippen LogP contribution in [0.2, 0.25) is 0 Å². The summed E-state index contributed by atoms with van der Waals surface area (Å²) in [5.41, 5.74) is 0.849. The predicted molar refractivity (Wildman–Crippen MR) is 119 cm³/mol. The fourth-order valence-electron chi connectivity index (χ4n) is 3.28. The molecule has 30 heavy (non-hydrogen) atoms. The maximum absolute atomic E-state index is 11.5. The Kier molecular flexibility index (Phi) is 20.0. The Morgan fingerprint density at radius 1 is 0.967 bits per heavy atom. The standard InChI is InChI=1S/C23H38N2O3S.Na/c1-29-23-24-20(19-21(26)25-23)17-15-13-11-9-7-5-3-2-4-6-8-10-12-14-16-18-22(27)28;/h2,4,19H,3,5-18H2,1H3,(H,27,28)(H,24,25,26);/q;+1/p-1/b4-2-;. The van der Waals surface area contributed by atoms with Gasteiger partial charge in [-0.3, -0.25) is 4.79 Å². The van der Waals surface area contributed by atoms with Crippen LogP contribution in [0.4, 0.5) is 0 Å². The van der Waals surface area contributed by atoms with E-state index in [4.69, 9.17) is 0 Å². The van der Waals surface area contributed by atoms with Gasteiger partial charge in [-0.2, -0.15) is 0 Å². The molecule has 1 rings (SSSR count). The molecule has 0 aliphatic rings. The summed E-state index contributed by atoms with van der Waals surface area (Å²) >= 11 is 1.47. The monoisotopic (exact) mass is 444 g/mol. The molecule has 0 radical (unpaired) electrons. The van der Waals surface area contributed by atoms with Crippen molar-refractivity contribution in [2.24, 2.45) is 0 Å². The van der Waals surface area contributed by atoms with Crippen molar-refractivity contribution in [2.45, 2.75) is 101 Å². The van der Waals surface area contributed by atoms with E-state index in [-0.39, 0.29) is 41.5 Å². The quantitative estimate of drug-likeness (QED) is 0.123. The Labute approximate surface area is 208 Å². The van der Waals surface area contributed by atoms with Crippen LogP contribution in [0.1, 0.15) is 95.6 Å². The first kappa shape index (κ1) is 29.4. The molecular weight excluding hydrogens is 407 g/mol. The summed E-state index contributed by atoms with van der Waals surface area (Å²) < 4.78 is 0. The van der Waals surface area contributed by atoms with Gasteiger partial charge in [0.25, 0.3) is 5.56 Å². The van der Waals surface area contributed by atoms with Gasteiger partial charge in [-0.1, -0.05) is 68.9 Å². The second-order valence-electron chi connectivity index (χ2n) is 7.56. The number of aromatic amines is 1.